The molecule has 0 spiro atoms. The maximum Gasteiger partial charge on any atom is 0.257 e. The SMILES string of the molecule is COC[C@H](C)NC(=O)c1cc(C(=O)Nc2ccn(C)n2)c(C)cc1O[C@H](CN1CCN=C(C)C1)c1ccc(C)c(F)c1. The van der Waals surface area contributed by atoms with Gasteiger partial charge in [0, 0.05) is 63.4 Å². The van der Waals surface area contributed by atoms with Crippen molar-refractivity contribution < 1.29 is 23.5 Å². The first-order valence-corrected chi connectivity index (χ1v) is 13.9. The zero-order valence-corrected chi connectivity index (χ0v) is 25.0. The minimum Gasteiger partial charge on any atom is -0.484 e. The van der Waals surface area contributed by atoms with E-state index in [9.17, 15) is 14.0 Å². The van der Waals surface area contributed by atoms with Crippen molar-refractivity contribution in [2.45, 2.75) is 39.8 Å². The quantitative estimate of drug-likeness (QED) is 0.355. The summed E-state index contributed by atoms with van der Waals surface area (Å²) in [7, 11) is 3.31. The summed E-state index contributed by atoms with van der Waals surface area (Å²) in [6, 6.07) is 9.65. The van der Waals surface area contributed by atoms with Gasteiger partial charge in [0.15, 0.2) is 5.82 Å². The summed E-state index contributed by atoms with van der Waals surface area (Å²) >= 11 is 0. The highest BCUT2D eigenvalue weighted by Gasteiger charge is 2.26. The van der Waals surface area contributed by atoms with E-state index in [1.54, 1.807) is 57.1 Å². The van der Waals surface area contributed by atoms with E-state index >= 15 is 0 Å². The summed E-state index contributed by atoms with van der Waals surface area (Å²) in [5.41, 5.74) is 3.29. The fourth-order valence-corrected chi connectivity index (χ4v) is 4.86. The van der Waals surface area contributed by atoms with E-state index in [4.69, 9.17) is 9.47 Å². The van der Waals surface area contributed by atoms with Crippen LogP contribution in [0.3, 0.4) is 0 Å². The third-order valence-electron chi connectivity index (χ3n) is 7.08. The van der Waals surface area contributed by atoms with Crippen molar-refractivity contribution in [2.75, 3.05) is 45.2 Å². The van der Waals surface area contributed by atoms with Gasteiger partial charge in [-0.3, -0.25) is 24.2 Å². The second-order valence-corrected chi connectivity index (χ2v) is 10.8. The van der Waals surface area contributed by atoms with E-state index in [2.05, 4.69) is 25.6 Å². The van der Waals surface area contributed by atoms with Crippen molar-refractivity contribution in [3.8, 4) is 5.75 Å². The summed E-state index contributed by atoms with van der Waals surface area (Å²) in [5, 5.41) is 9.91. The lowest BCUT2D eigenvalue weighted by Gasteiger charge is -2.31. The first kappa shape index (κ1) is 30.9. The van der Waals surface area contributed by atoms with Crippen LogP contribution in [0.15, 0.2) is 47.6 Å². The standard InChI is InChI=1S/C31H39FN6O4/c1-19-7-8-23(14-26(19)32)28(17-38-12-10-33-21(3)16-38)42-27-13-20(2)24(30(39)35-29-9-11-37(5)36-29)15-25(27)31(40)34-22(4)18-41-6/h7-9,11,13-15,22,28H,10,12,16-18H2,1-6H3,(H,34,40)(H,35,36,39)/t22-,28+/m0/s1. The Balaban J connectivity index is 1.72. The number of hydrogen-bond acceptors (Lipinski definition) is 7. The third-order valence-corrected chi connectivity index (χ3v) is 7.08. The van der Waals surface area contributed by atoms with Gasteiger partial charge in [-0.15, -0.1) is 0 Å². The summed E-state index contributed by atoms with van der Waals surface area (Å²) in [6.07, 6.45) is 1.13. The molecule has 0 saturated carbocycles. The highest BCUT2D eigenvalue weighted by Crippen LogP contribution is 2.31. The minimum atomic E-state index is -0.596. The Hall–Kier alpha value is -4.09. The third kappa shape index (κ3) is 7.80. The van der Waals surface area contributed by atoms with Crippen molar-refractivity contribution in [1.29, 1.82) is 0 Å². The lowest BCUT2D eigenvalue weighted by atomic mass is 10.0. The van der Waals surface area contributed by atoms with E-state index < -0.39 is 17.9 Å². The van der Waals surface area contributed by atoms with Crippen LogP contribution in [-0.4, -0.2) is 78.1 Å². The Bertz CT molecular complexity index is 1470. The van der Waals surface area contributed by atoms with Crippen molar-refractivity contribution in [1.82, 2.24) is 20.0 Å². The molecule has 2 atom stereocenters. The monoisotopic (exact) mass is 578 g/mol. The van der Waals surface area contributed by atoms with Crippen LogP contribution < -0.4 is 15.4 Å². The topological polar surface area (TPSA) is 110 Å². The zero-order chi connectivity index (χ0) is 30.4. The van der Waals surface area contributed by atoms with Crippen LogP contribution in [0.1, 0.15) is 57.4 Å². The van der Waals surface area contributed by atoms with Gasteiger partial charge in [-0.2, -0.15) is 5.10 Å². The Kier molecular flexibility index (Phi) is 10.1. The number of hydrogen-bond donors (Lipinski definition) is 2. The molecule has 1 aliphatic rings. The molecule has 3 aromatic rings. The van der Waals surface area contributed by atoms with Gasteiger partial charge in [0.05, 0.1) is 18.7 Å². The predicted octanol–water partition coefficient (Wildman–Crippen LogP) is 4.09. The van der Waals surface area contributed by atoms with E-state index in [1.807, 2.05) is 19.9 Å². The summed E-state index contributed by atoms with van der Waals surface area (Å²) in [5.74, 6) is -0.476. The van der Waals surface area contributed by atoms with Crippen LogP contribution in [0, 0.1) is 19.7 Å². The van der Waals surface area contributed by atoms with E-state index in [0.29, 0.717) is 54.3 Å². The number of anilines is 1. The highest BCUT2D eigenvalue weighted by molar-refractivity contribution is 6.07. The van der Waals surface area contributed by atoms with Crippen LogP contribution in [0.2, 0.25) is 0 Å². The number of nitrogens with zero attached hydrogens (tertiary/aromatic N) is 4. The number of nitrogens with one attached hydrogen (secondary N) is 2. The smallest absolute Gasteiger partial charge is 0.257 e. The Labute approximate surface area is 245 Å². The molecule has 224 valence electrons. The second kappa shape index (κ2) is 13.7. The Morgan fingerprint density at radius 3 is 2.52 bits per heavy atom. The second-order valence-electron chi connectivity index (χ2n) is 10.8. The molecular formula is C31H39FN6O4. The van der Waals surface area contributed by atoms with E-state index in [0.717, 1.165) is 12.3 Å². The molecular weight excluding hydrogens is 539 g/mol. The number of methoxy groups -OCH3 is 1. The molecule has 0 radical (unpaired) electrons. The normalized spacial score (nSPS) is 15.1. The van der Waals surface area contributed by atoms with Gasteiger partial charge < -0.3 is 20.1 Å². The molecule has 2 N–H and O–H groups in total. The molecule has 0 saturated heterocycles. The molecule has 0 aliphatic carbocycles. The summed E-state index contributed by atoms with van der Waals surface area (Å²) in [6.45, 7) is 10.1. The van der Waals surface area contributed by atoms with Crippen LogP contribution in [0.25, 0.3) is 0 Å². The van der Waals surface area contributed by atoms with Crippen LogP contribution in [-0.2, 0) is 11.8 Å². The molecule has 0 fully saturated rings. The number of ether oxygens (including phenoxy) is 2. The fraction of sp³-hybridized carbons (Fsp3) is 0.419. The average molecular weight is 579 g/mol. The average Bonchev–Trinajstić information content (AvgIpc) is 3.34. The van der Waals surface area contributed by atoms with Gasteiger partial charge in [0.25, 0.3) is 11.8 Å². The van der Waals surface area contributed by atoms with Crippen molar-refractivity contribution >= 4 is 23.3 Å². The molecule has 0 bridgehead atoms. The largest absolute Gasteiger partial charge is 0.484 e. The summed E-state index contributed by atoms with van der Waals surface area (Å²) in [4.78, 5) is 33.5. The van der Waals surface area contributed by atoms with Gasteiger partial charge in [-0.25, -0.2) is 4.39 Å². The molecule has 4 rings (SSSR count). The molecule has 2 amide bonds. The number of aromatic nitrogens is 2. The Morgan fingerprint density at radius 1 is 1.07 bits per heavy atom. The molecule has 1 aliphatic heterocycles. The number of rotatable bonds is 11. The predicted molar refractivity (Wildman–Crippen MR) is 160 cm³/mol. The fourth-order valence-electron chi connectivity index (χ4n) is 4.86. The Morgan fingerprint density at radius 2 is 1.86 bits per heavy atom. The molecule has 0 unspecified atom stereocenters. The first-order valence-electron chi connectivity index (χ1n) is 13.9. The molecule has 2 heterocycles. The number of carbonyl (C=O) groups excluding carboxylic acids is 2. The van der Waals surface area contributed by atoms with Crippen LogP contribution >= 0.6 is 0 Å². The molecule has 11 heteroatoms. The number of aliphatic imine (C=N–C) groups is 1. The summed E-state index contributed by atoms with van der Waals surface area (Å²) < 4.78 is 28.1. The lowest BCUT2D eigenvalue weighted by molar-refractivity contribution is 0.0893. The minimum absolute atomic E-state index is 0.184. The van der Waals surface area contributed by atoms with E-state index in [-0.39, 0.29) is 23.2 Å². The van der Waals surface area contributed by atoms with Gasteiger partial charge in [0.1, 0.15) is 17.7 Å². The van der Waals surface area contributed by atoms with Crippen molar-refractivity contribution in [2.24, 2.45) is 12.0 Å². The molecule has 42 heavy (non-hydrogen) atoms. The zero-order valence-electron chi connectivity index (χ0n) is 25.0. The van der Waals surface area contributed by atoms with Gasteiger partial charge in [-0.1, -0.05) is 12.1 Å². The number of halogens is 1. The van der Waals surface area contributed by atoms with Gasteiger partial charge in [-0.05, 0) is 62.6 Å². The molecule has 10 nitrogen and oxygen atoms in total. The van der Waals surface area contributed by atoms with E-state index in [1.165, 1.54) is 12.1 Å². The highest BCUT2D eigenvalue weighted by atomic mass is 19.1. The maximum absolute atomic E-state index is 14.7. The molecule has 2 aromatic carbocycles. The van der Waals surface area contributed by atoms with Gasteiger partial charge in [0.2, 0.25) is 0 Å². The van der Waals surface area contributed by atoms with Crippen LogP contribution in [0.5, 0.6) is 5.75 Å². The first-order chi connectivity index (χ1) is 20.0. The van der Waals surface area contributed by atoms with Crippen molar-refractivity contribution in [3.63, 3.8) is 0 Å². The number of aryl methyl sites for hydroxylation is 3. The van der Waals surface area contributed by atoms with Crippen molar-refractivity contribution in [3.05, 3.63) is 76.2 Å². The lowest BCUT2D eigenvalue weighted by Crippen LogP contribution is -2.39. The number of carbonyl (C=O) groups is 2. The number of benzene rings is 2. The van der Waals surface area contributed by atoms with Gasteiger partial charge >= 0.3 is 0 Å². The maximum atomic E-state index is 14.7. The molecule has 1 aromatic heterocycles. The number of amides is 2. The van der Waals surface area contributed by atoms with Crippen LogP contribution in [0.4, 0.5) is 10.2 Å².